The zero-order valence-corrected chi connectivity index (χ0v) is 16.3. The van der Waals surface area contributed by atoms with Crippen molar-refractivity contribution in [3.63, 3.8) is 0 Å². The lowest BCUT2D eigenvalue weighted by molar-refractivity contribution is -0.114. The number of hydrogen-bond acceptors (Lipinski definition) is 4. The van der Waals surface area contributed by atoms with Gasteiger partial charge in [-0.2, -0.15) is 4.31 Å². The van der Waals surface area contributed by atoms with Crippen molar-refractivity contribution in [2.24, 2.45) is 5.92 Å². The van der Waals surface area contributed by atoms with Crippen LogP contribution in [0.4, 0.5) is 5.69 Å². The maximum Gasteiger partial charge on any atom is 0.243 e. The smallest absolute Gasteiger partial charge is 0.243 e. The van der Waals surface area contributed by atoms with Crippen LogP contribution in [0.2, 0.25) is 0 Å². The van der Waals surface area contributed by atoms with Crippen molar-refractivity contribution in [2.45, 2.75) is 44.6 Å². The molecule has 0 saturated heterocycles. The topological polar surface area (TPSA) is 79.6 Å². The number of sulfonamides is 1. The molecule has 1 N–H and O–H groups in total. The highest BCUT2D eigenvalue weighted by Crippen LogP contribution is 2.47. The molecule has 140 valence electrons. The summed E-state index contributed by atoms with van der Waals surface area (Å²) in [7, 11) is -2.18. The number of amides is 1. The predicted molar refractivity (Wildman–Crippen MR) is 99.4 cm³/mol. The second-order valence-corrected chi connectivity index (χ2v) is 9.06. The number of hydrogen-bond donors (Lipinski definition) is 1. The molecular weight excluding hydrogens is 352 g/mol. The van der Waals surface area contributed by atoms with Crippen LogP contribution in [-0.2, 0) is 21.4 Å². The van der Waals surface area contributed by atoms with Crippen LogP contribution in [0.3, 0.4) is 0 Å². The fourth-order valence-corrected chi connectivity index (χ4v) is 4.41. The highest BCUT2D eigenvalue weighted by atomic mass is 32.2. The van der Waals surface area contributed by atoms with E-state index >= 15 is 0 Å². The molecule has 0 aliphatic heterocycles. The van der Waals surface area contributed by atoms with Gasteiger partial charge < -0.3 is 9.73 Å². The number of nitrogens with zero attached hydrogens (tertiary/aromatic N) is 1. The molecule has 2 aromatic rings. The summed E-state index contributed by atoms with van der Waals surface area (Å²) in [6.07, 6.45) is 1.12. The molecule has 7 heteroatoms. The summed E-state index contributed by atoms with van der Waals surface area (Å²) in [6, 6.07) is 8.64. The third kappa shape index (κ3) is 3.83. The van der Waals surface area contributed by atoms with Crippen molar-refractivity contribution in [1.82, 2.24) is 4.31 Å². The Bertz CT molecular complexity index is 933. The van der Waals surface area contributed by atoms with Crippen LogP contribution in [0.25, 0.3) is 0 Å². The van der Waals surface area contributed by atoms with Gasteiger partial charge in [-0.1, -0.05) is 13.0 Å². The Morgan fingerprint density at radius 2 is 2.00 bits per heavy atom. The number of nitrogens with one attached hydrogen (secondary N) is 1. The van der Waals surface area contributed by atoms with E-state index in [1.165, 1.54) is 24.3 Å². The third-order valence-corrected chi connectivity index (χ3v) is 6.68. The zero-order chi connectivity index (χ0) is 19.1. The molecule has 0 radical (unpaired) electrons. The second kappa shape index (κ2) is 6.89. The number of aryl methyl sites for hydroxylation is 1. The van der Waals surface area contributed by atoms with E-state index in [4.69, 9.17) is 4.42 Å². The average molecular weight is 376 g/mol. The molecule has 3 rings (SSSR count). The lowest BCUT2D eigenvalue weighted by Crippen LogP contribution is -2.27. The Morgan fingerprint density at radius 1 is 1.31 bits per heavy atom. The largest absolute Gasteiger partial charge is 0.464 e. The fourth-order valence-electron chi connectivity index (χ4n) is 3.03. The molecule has 1 aliphatic rings. The second-order valence-electron chi connectivity index (χ2n) is 7.05. The number of benzene rings is 1. The first-order chi connectivity index (χ1) is 12.2. The molecule has 1 aromatic carbocycles. The van der Waals surface area contributed by atoms with Gasteiger partial charge in [-0.05, 0) is 49.1 Å². The highest BCUT2D eigenvalue weighted by molar-refractivity contribution is 7.89. The zero-order valence-electron chi connectivity index (χ0n) is 15.4. The van der Waals surface area contributed by atoms with E-state index in [0.29, 0.717) is 28.8 Å². The predicted octanol–water partition coefficient (Wildman–Crippen LogP) is 3.49. The van der Waals surface area contributed by atoms with Crippen molar-refractivity contribution in [3.8, 4) is 0 Å². The van der Waals surface area contributed by atoms with Crippen LogP contribution in [0.5, 0.6) is 0 Å². The van der Waals surface area contributed by atoms with Crippen molar-refractivity contribution >= 4 is 21.6 Å². The molecule has 2 atom stereocenters. The molecule has 1 heterocycles. The van der Waals surface area contributed by atoms with Crippen molar-refractivity contribution in [3.05, 3.63) is 47.4 Å². The van der Waals surface area contributed by atoms with E-state index in [2.05, 4.69) is 12.2 Å². The molecule has 26 heavy (non-hydrogen) atoms. The summed E-state index contributed by atoms with van der Waals surface area (Å²) >= 11 is 0. The molecule has 0 unspecified atom stereocenters. The van der Waals surface area contributed by atoms with Gasteiger partial charge in [-0.3, -0.25) is 4.79 Å². The van der Waals surface area contributed by atoms with Crippen molar-refractivity contribution < 1.29 is 17.6 Å². The first-order valence-corrected chi connectivity index (χ1v) is 10.1. The molecule has 6 nitrogen and oxygen atoms in total. The van der Waals surface area contributed by atoms with E-state index in [1.54, 1.807) is 19.1 Å². The number of furan rings is 1. The van der Waals surface area contributed by atoms with E-state index in [-0.39, 0.29) is 17.3 Å². The number of rotatable bonds is 6. The van der Waals surface area contributed by atoms with Crippen LogP contribution in [0, 0.1) is 12.8 Å². The van der Waals surface area contributed by atoms with Crippen molar-refractivity contribution in [2.75, 3.05) is 12.4 Å². The molecular formula is C19H24N2O4S. The van der Waals surface area contributed by atoms with Gasteiger partial charge in [-0.15, -0.1) is 0 Å². The number of carbonyl (C=O) groups excluding carboxylic acids is 1. The molecule has 1 aromatic heterocycles. The van der Waals surface area contributed by atoms with Crippen LogP contribution in [0.1, 0.15) is 43.3 Å². The van der Waals surface area contributed by atoms with Crippen LogP contribution in [-0.4, -0.2) is 25.7 Å². The van der Waals surface area contributed by atoms with Crippen molar-refractivity contribution in [1.29, 1.82) is 0 Å². The molecule has 1 saturated carbocycles. The lowest BCUT2D eigenvalue weighted by atomic mass is 10.2. The van der Waals surface area contributed by atoms with Crippen LogP contribution in [0.15, 0.2) is 39.6 Å². The van der Waals surface area contributed by atoms with Crippen LogP contribution >= 0.6 is 0 Å². The number of anilines is 1. The molecule has 1 amide bonds. The first-order valence-electron chi connectivity index (χ1n) is 8.61. The Kier molecular flexibility index (Phi) is 4.94. The van der Waals surface area contributed by atoms with E-state index in [0.717, 1.165) is 12.2 Å². The summed E-state index contributed by atoms with van der Waals surface area (Å²) in [5.74, 6) is 2.41. The maximum atomic E-state index is 13.0. The van der Waals surface area contributed by atoms with Gasteiger partial charge in [0.1, 0.15) is 11.5 Å². The first kappa shape index (κ1) is 18.7. The van der Waals surface area contributed by atoms with Gasteiger partial charge in [0, 0.05) is 25.6 Å². The lowest BCUT2D eigenvalue weighted by Gasteiger charge is -2.18. The minimum Gasteiger partial charge on any atom is -0.464 e. The summed E-state index contributed by atoms with van der Waals surface area (Å²) in [4.78, 5) is 11.4. The molecule has 1 aliphatic carbocycles. The summed E-state index contributed by atoms with van der Waals surface area (Å²) in [5, 5.41) is 2.62. The highest BCUT2D eigenvalue weighted by Gasteiger charge is 2.36. The third-order valence-electron chi connectivity index (χ3n) is 4.73. The minimum atomic E-state index is -3.71. The Morgan fingerprint density at radius 3 is 2.62 bits per heavy atom. The van der Waals surface area contributed by atoms with Gasteiger partial charge in [0.2, 0.25) is 15.9 Å². The normalized spacial score (nSPS) is 19.6. The van der Waals surface area contributed by atoms with Gasteiger partial charge in [0.25, 0.3) is 0 Å². The average Bonchev–Trinajstić information content (AvgIpc) is 3.10. The summed E-state index contributed by atoms with van der Waals surface area (Å²) in [5.41, 5.74) is 1.08. The summed E-state index contributed by atoms with van der Waals surface area (Å²) < 4.78 is 33.0. The fraction of sp³-hybridized carbons (Fsp3) is 0.421. The quantitative estimate of drug-likeness (QED) is 0.837. The van der Waals surface area contributed by atoms with Gasteiger partial charge >= 0.3 is 0 Å². The molecule has 0 bridgehead atoms. The SMILES string of the molecule is CC(=O)Nc1ccc(C)c(S(=O)(=O)N(C)Cc2ccc([C@@H]3C[C@@H]3C)o2)c1. The molecule has 0 spiro atoms. The standard InChI is InChI=1S/C19H24N2O4S/c1-12-5-6-15(20-14(3)22)10-19(12)26(23,24)21(4)11-16-7-8-18(25-16)17-9-13(17)2/h5-8,10,13,17H,9,11H2,1-4H3,(H,20,22)/t13-,17+/m0/s1. The minimum absolute atomic E-state index is 0.160. The number of carbonyl (C=O) groups is 1. The Hall–Kier alpha value is -2.12. The monoisotopic (exact) mass is 376 g/mol. The van der Waals surface area contributed by atoms with E-state index in [1.807, 2.05) is 12.1 Å². The maximum absolute atomic E-state index is 13.0. The van der Waals surface area contributed by atoms with Gasteiger partial charge in [0.15, 0.2) is 0 Å². The Balaban J connectivity index is 1.80. The van der Waals surface area contributed by atoms with Gasteiger partial charge in [0.05, 0.1) is 11.4 Å². The summed E-state index contributed by atoms with van der Waals surface area (Å²) in [6.45, 7) is 5.45. The Labute approximate surface area is 154 Å². The molecule has 1 fully saturated rings. The van der Waals surface area contributed by atoms with E-state index < -0.39 is 10.0 Å². The van der Waals surface area contributed by atoms with E-state index in [9.17, 15) is 13.2 Å². The van der Waals surface area contributed by atoms with Gasteiger partial charge in [-0.25, -0.2) is 8.42 Å². The van der Waals surface area contributed by atoms with Crippen LogP contribution < -0.4 is 5.32 Å².